The van der Waals surface area contributed by atoms with Crippen LogP contribution in [0.2, 0.25) is 0 Å². The van der Waals surface area contributed by atoms with Gasteiger partial charge in [0.1, 0.15) is 0 Å². The zero-order chi connectivity index (χ0) is 19.8. The van der Waals surface area contributed by atoms with Gasteiger partial charge in [0.05, 0.1) is 0 Å². The molecule has 0 radical (unpaired) electrons. The van der Waals surface area contributed by atoms with Crippen molar-refractivity contribution in [2.24, 2.45) is 0 Å². The van der Waals surface area contributed by atoms with Gasteiger partial charge < -0.3 is 0 Å². The van der Waals surface area contributed by atoms with Crippen molar-refractivity contribution in [3.63, 3.8) is 0 Å². The third-order valence-electron chi connectivity index (χ3n) is 4.42. The maximum absolute atomic E-state index is 3.81. The Morgan fingerprint density at radius 3 is 0.724 bits per heavy atom. The molecule has 4 nitrogen and oxygen atoms in total. The SMILES string of the molecule is c1ccc([NH][Sn]([NH]c2ccccc2)([NH]c2ccccc2)[NH]c2ccccc2)cc1. The maximum atomic E-state index is 3.81. The van der Waals surface area contributed by atoms with Crippen LogP contribution in [0, 0.1) is 0 Å². The van der Waals surface area contributed by atoms with Crippen molar-refractivity contribution in [2.75, 3.05) is 14.2 Å². The summed E-state index contributed by atoms with van der Waals surface area (Å²) in [5.74, 6) is 0. The molecule has 144 valence electrons. The van der Waals surface area contributed by atoms with Crippen molar-refractivity contribution in [2.45, 2.75) is 0 Å². The molecule has 0 aromatic heterocycles. The van der Waals surface area contributed by atoms with Crippen molar-refractivity contribution in [3.05, 3.63) is 121 Å². The van der Waals surface area contributed by atoms with Gasteiger partial charge in [-0.2, -0.15) is 0 Å². The van der Waals surface area contributed by atoms with E-state index in [2.05, 4.69) is 62.7 Å². The summed E-state index contributed by atoms with van der Waals surface area (Å²) in [6.45, 7) is 0. The molecule has 5 heteroatoms. The molecule has 4 N–H and O–H groups in total. The van der Waals surface area contributed by atoms with E-state index in [-0.39, 0.29) is 0 Å². The van der Waals surface area contributed by atoms with E-state index in [1.165, 1.54) is 0 Å². The van der Waals surface area contributed by atoms with Crippen LogP contribution in [0.4, 0.5) is 22.7 Å². The van der Waals surface area contributed by atoms with Crippen LogP contribution in [0.5, 0.6) is 0 Å². The molecule has 0 unspecified atom stereocenters. The van der Waals surface area contributed by atoms with E-state index >= 15 is 0 Å². The molecule has 4 rings (SSSR count). The van der Waals surface area contributed by atoms with Crippen LogP contribution in [0.25, 0.3) is 0 Å². The van der Waals surface area contributed by atoms with E-state index in [9.17, 15) is 0 Å². The first-order valence-electron chi connectivity index (χ1n) is 9.64. The second-order valence-corrected chi connectivity index (χ2v) is 13.8. The zero-order valence-electron chi connectivity index (χ0n) is 16.0. The van der Waals surface area contributed by atoms with Crippen molar-refractivity contribution < 1.29 is 0 Å². The Balaban J connectivity index is 1.75. The first-order chi connectivity index (χ1) is 14.3. The van der Waals surface area contributed by atoms with Gasteiger partial charge in [-0.25, -0.2) is 0 Å². The van der Waals surface area contributed by atoms with E-state index in [0.29, 0.717) is 0 Å². The Morgan fingerprint density at radius 2 is 0.517 bits per heavy atom. The average Bonchev–Trinajstić information content (AvgIpc) is 2.76. The fourth-order valence-electron chi connectivity index (χ4n) is 3.14. The molecule has 0 aliphatic rings. The van der Waals surface area contributed by atoms with Crippen LogP contribution < -0.4 is 14.2 Å². The molecule has 0 aliphatic heterocycles. The molecule has 0 bridgehead atoms. The number of para-hydroxylation sites is 4. The van der Waals surface area contributed by atoms with Gasteiger partial charge in [0.2, 0.25) is 0 Å². The summed E-state index contributed by atoms with van der Waals surface area (Å²) in [5, 5.41) is 0. The zero-order valence-corrected chi connectivity index (χ0v) is 18.9. The monoisotopic (exact) mass is 488 g/mol. The van der Waals surface area contributed by atoms with Gasteiger partial charge in [-0.3, -0.25) is 0 Å². The van der Waals surface area contributed by atoms with Crippen LogP contribution in [0.1, 0.15) is 0 Å². The van der Waals surface area contributed by atoms with E-state index in [1.807, 2.05) is 72.8 Å². The number of anilines is 4. The van der Waals surface area contributed by atoms with Crippen molar-refractivity contribution in [1.29, 1.82) is 0 Å². The molecule has 0 atom stereocenters. The molecule has 0 heterocycles. The normalized spacial score (nSPS) is 10.8. The first kappa shape index (κ1) is 19.2. The predicted octanol–water partition coefficient (Wildman–Crippen LogP) is 5.87. The predicted molar refractivity (Wildman–Crippen MR) is 126 cm³/mol. The molecular weight excluding hydrogens is 463 g/mol. The van der Waals surface area contributed by atoms with Crippen LogP contribution in [-0.4, -0.2) is 19.5 Å². The molecule has 0 aliphatic carbocycles. The van der Waals surface area contributed by atoms with Gasteiger partial charge in [0.25, 0.3) is 0 Å². The Kier molecular flexibility index (Phi) is 6.22. The summed E-state index contributed by atoms with van der Waals surface area (Å²) in [5.41, 5.74) is 4.27. The number of hydrogen-bond donors (Lipinski definition) is 4. The van der Waals surface area contributed by atoms with Gasteiger partial charge in [-0.1, -0.05) is 0 Å². The molecule has 0 saturated carbocycles. The molecular formula is C24H24N4Sn. The van der Waals surface area contributed by atoms with Crippen LogP contribution in [0.15, 0.2) is 121 Å². The minimum atomic E-state index is -3.72. The Bertz CT molecular complexity index is 824. The number of nitrogens with one attached hydrogen (secondary N) is 4. The first-order valence-corrected chi connectivity index (χ1v) is 15.4. The topological polar surface area (TPSA) is 48.1 Å². The average molecular weight is 487 g/mol. The summed E-state index contributed by atoms with van der Waals surface area (Å²) in [7, 11) is 0. The van der Waals surface area contributed by atoms with Crippen molar-refractivity contribution in [3.8, 4) is 0 Å². The second-order valence-electron chi connectivity index (χ2n) is 6.71. The number of rotatable bonds is 8. The Hall–Kier alpha value is -3.12. The number of benzene rings is 4. The molecule has 4 aromatic rings. The Morgan fingerprint density at radius 1 is 0.310 bits per heavy atom. The Labute approximate surface area is 177 Å². The fourth-order valence-corrected chi connectivity index (χ4v) is 11.1. The molecule has 0 amide bonds. The summed E-state index contributed by atoms with van der Waals surface area (Å²) < 4.78 is 15.3. The third-order valence-corrected chi connectivity index (χ3v) is 12.0. The van der Waals surface area contributed by atoms with Gasteiger partial charge >= 0.3 is 178 Å². The third kappa shape index (κ3) is 5.45. The van der Waals surface area contributed by atoms with E-state index in [4.69, 9.17) is 0 Å². The molecule has 4 aromatic carbocycles. The molecule has 29 heavy (non-hydrogen) atoms. The van der Waals surface area contributed by atoms with Crippen molar-refractivity contribution in [1.82, 2.24) is 0 Å². The standard InChI is InChI=1S/4C6H6N.Sn/c4*7-6-4-2-1-3-5-6;/h4*1-5,7H;/q4*-1;+4. The molecule has 0 saturated heterocycles. The van der Waals surface area contributed by atoms with E-state index in [1.54, 1.807) is 0 Å². The van der Waals surface area contributed by atoms with E-state index in [0.717, 1.165) is 22.7 Å². The van der Waals surface area contributed by atoms with Gasteiger partial charge in [-0.05, 0) is 0 Å². The van der Waals surface area contributed by atoms with Gasteiger partial charge in [-0.15, -0.1) is 0 Å². The van der Waals surface area contributed by atoms with Crippen LogP contribution in [-0.2, 0) is 0 Å². The quantitative estimate of drug-likeness (QED) is 0.235. The van der Waals surface area contributed by atoms with Crippen LogP contribution in [0.3, 0.4) is 0 Å². The summed E-state index contributed by atoms with van der Waals surface area (Å²) >= 11 is -3.72. The minimum absolute atomic E-state index is 1.07. The fraction of sp³-hybridized carbons (Fsp3) is 0. The van der Waals surface area contributed by atoms with Gasteiger partial charge in [0, 0.05) is 0 Å². The molecule has 0 spiro atoms. The second kappa shape index (κ2) is 9.38. The number of hydrogen-bond acceptors (Lipinski definition) is 4. The van der Waals surface area contributed by atoms with Crippen LogP contribution >= 0.6 is 0 Å². The van der Waals surface area contributed by atoms with Gasteiger partial charge in [0.15, 0.2) is 0 Å². The van der Waals surface area contributed by atoms with E-state index < -0.39 is 19.5 Å². The summed E-state index contributed by atoms with van der Waals surface area (Å²) in [6, 6.07) is 41.3. The summed E-state index contributed by atoms with van der Waals surface area (Å²) in [6.07, 6.45) is 0. The van der Waals surface area contributed by atoms with Crippen molar-refractivity contribution >= 4 is 42.2 Å². The molecule has 0 fully saturated rings. The summed E-state index contributed by atoms with van der Waals surface area (Å²) in [4.78, 5) is 0.